The number of anilines is 1. The van der Waals surface area contributed by atoms with E-state index >= 15 is 0 Å². The second-order valence-electron chi connectivity index (χ2n) is 12.8. The van der Waals surface area contributed by atoms with Gasteiger partial charge in [0.1, 0.15) is 36.0 Å². The molecule has 0 saturated heterocycles. The van der Waals surface area contributed by atoms with E-state index in [2.05, 4.69) is 47.5 Å². The number of phenols is 1. The number of aromatic hydroxyl groups is 1. The average molecular weight is 827 g/mol. The summed E-state index contributed by atoms with van der Waals surface area (Å²) in [5.74, 6) is -5.73. The summed E-state index contributed by atoms with van der Waals surface area (Å²) in [7, 11) is 0. The number of nitrogens with two attached hydrogens (primary N) is 1. The molecule has 0 aliphatic rings. The molecule has 0 unspecified atom stereocenters. The number of primary amides is 1. The number of carboxylic acid groups (broad SMARTS) is 1. The number of thiazole rings is 1. The Bertz CT molecular complexity index is 1910. The molecule has 312 valence electrons. The molecule has 1 heterocycles. The van der Waals surface area contributed by atoms with E-state index in [4.69, 9.17) is 5.73 Å². The highest BCUT2D eigenvalue weighted by Gasteiger charge is 2.29. The summed E-state index contributed by atoms with van der Waals surface area (Å²) in [6, 6.07) is 7.97. The molecule has 0 radical (unpaired) electrons. The molecule has 21 nitrogen and oxygen atoms in total. The number of hydrogen-bond donors (Lipinski definition) is 12. The van der Waals surface area contributed by atoms with Crippen LogP contribution >= 0.6 is 11.3 Å². The Kier molecular flexibility index (Phi) is 17.8. The molecule has 3 aromatic rings. The predicted molar refractivity (Wildman–Crippen MR) is 208 cm³/mol. The molecule has 1 aromatic heterocycles. The van der Waals surface area contributed by atoms with Crippen LogP contribution in [0.5, 0.6) is 5.75 Å². The summed E-state index contributed by atoms with van der Waals surface area (Å²) in [6.45, 7) is 0.957. The SMILES string of the molecule is C[C@H](NC(=O)[C@H](C)NC(=O)[C@H](Cc1ccc(O)cc1)NC(=O)O)C(=O)NCC(=O)N[C@@H](CNC(=O)CNc1ncc(CO)s1)C(=O)N[C@@H](Cc1ccccc1)C(N)=O. The van der Waals surface area contributed by atoms with Gasteiger partial charge in [0, 0.05) is 25.6 Å². The molecule has 58 heavy (non-hydrogen) atoms. The van der Waals surface area contributed by atoms with Crippen LogP contribution in [0.1, 0.15) is 29.9 Å². The normalized spacial score (nSPS) is 13.2. The largest absolute Gasteiger partial charge is 0.508 e. The van der Waals surface area contributed by atoms with E-state index in [1.165, 1.54) is 44.3 Å². The fourth-order valence-electron chi connectivity index (χ4n) is 5.03. The van der Waals surface area contributed by atoms with E-state index in [0.29, 0.717) is 21.1 Å². The van der Waals surface area contributed by atoms with Crippen LogP contribution in [0.25, 0.3) is 0 Å². The van der Waals surface area contributed by atoms with Crippen LogP contribution in [-0.2, 0) is 53.0 Å². The minimum absolute atomic E-state index is 0.0286. The number of amides is 8. The Labute approximate surface area is 335 Å². The van der Waals surface area contributed by atoms with Crippen molar-refractivity contribution in [2.75, 3.05) is 25.0 Å². The molecule has 0 spiro atoms. The number of benzene rings is 2. The number of nitrogens with zero attached hydrogens (tertiary/aromatic N) is 1. The second-order valence-corrected chi connectivity index (χ2v) is 13.9. The first-order chi connectivity index (χ1) is 27.5. The molecule has 3 rings (SSSR count). The van der Waals surface area contributed by atoms with Crippen molar-refractivity contribution in [3.8, 4) is 5.75 Å². The Morgan fingerprint density at radius 2 is 1.29 bits per heavy atom. The molecule has 0 bridgehead atoms. The van der Waals surface area contributed by atoms with Crippen LogP contribution in [0.2, 0.25) is 0 Å². The molecule has 2 aromatic carbocycles. The molecular formula is C36H46N10O11S. The van der Waals surface area contributed by atoms with Gasteiger partial charge in [-0.15, -0.1) is 0 Å². The number of rotatable bonds is 22. The fourth-order valence-corrected chi connectivity index (χ4v) is 5.69. The number of phenolic OH excluding ortho intramolecular Hbond substituents is 1. The third-order valence-corrected chi connectivity index (χ3v) is 9.06. The van der Waals surface area contributed by atoms with Gasteiger partial charge in [-0.1, -0.05) is 53.8 Å². The molecular weight excluding hydrogens is 781 g/mol. The van der Waals surface area contributed by atoms with Gasteiger partial charge in [-0.3, -0.25) is 33.6 Å². The lowest BCUT2D eigenvalue weighted by Gasteiger charge is -2.23. The van der Waals surface area contributed by atoms with E-state index < -0.39 is 90.7 Å². The average Bonchev–Trinajstić information content (AvgIpc) is 3.66. The van der Waals surface area contributed by atoms with Gasteiger partial charge in [-0.05, 0) is 37.1 Å². The number of aromatic nitrogens is 1. The lowest BCUT2D eigenvalue weighted by Crippen LogP contribution is -2.58. The maximum atomic E-state index is 13.4. The van der Waals surface area contributed by atoms with Crippen molar-refractivity contribution in [1.82, 2.24) is 42.2 Å². The summed E-state index contributed by atoms with van der Waals surface area (Å²) in [6.07, 6.45) is -0.122. The maximum absolute atomic E-state index is 13.4. The molecule has 8 amide bonds. The van der Waals surface area contributed by atoms with Crippen LogP contribution in [0.15, 0.2) is 60.8 Å². The zero-order valence-electron chi connectivity index (χ0n) is 31.4. The third kappa shape index (κ3) is 15.7. The van der Waals surface area contributed by atoms with Gasteiger partial charge in [0.2, 0.25) is 41.4 Å². The van der Waals surface area contributed by atoms with Crippen molar-refractivity contribution in [1.29, 1.82) is 0 Å². The van der Waals surface area contributed by atoms with Gasteiger partial charge < -0.3 is 63.6 Å². The van der Waals surface area contributed by atoms with E-state index in [-0.39, 0.29) is 31.7 Å². The van der Waals surface area contributed by atoms with Crippen molar-refractivity contribution in [3.63, 3.8) is 0 Å². The quantitative estimate of drug-likeness (QED) is 0.0502. The Hall–Kier alpha value is -6.81. The zero-order valence-corrected chi connectivity index (χ0v) is 32.3. The fraction of sp³-hybridized carbons (Fsp3) is 0.361. The van der Waals surface area contributed by atoms with Gasteiger partial charge in [0.15, 0.2) is 5.13 Å². The zero-order chi connectivity index (χ0) is 42.8. The van der Waals surface area contributed by atoms with E-state index in [0.717, 1.165) is 11.3 Å². The second kappa shape index (κ2) is 22.7. The highest BCUT2D eigenvalue weighted by atomic mass is 32.1. The number of aliphatic hydroxyl groups is 1. The van der Waals surface area contributed by atoms with Crippen molar-refractivity contribution in [2.24, 2.45) is 5.73 Å². The number of aliphatic hydroxyl groups excluding tert-OH is 1. The van der Waals surface area contributed by atoms with Gasteiger partial charge in [-0.25, -0.2) is 9.78 Å². The first-order valence-electron chi connectivity index (χ1n) is 17.7. The van der Waals surface area contributed by atoms with Crippen LogP contribution in [-0.4, -0.2) is 118 Å². The van der Waals surface area contributed by atoms with Crippen LogP contribution in [0.3, 0.4) is 0 Å². The first-order valence-corrected chi connectivity index (χ1v) is 18.5. The molecule has 0 fully saturated rings. The standard InChI is InChI=1S/C36H46N10O11S/c1-19(42-32(53)20(2)43-33(54)26(46-36(56)57)13-22-8-10-23(48)11-9-22)31(52)39-17-29(50)44-27(15-38-28(49)16-41-35-40-14-24(18-47)58-35)34(55)45-25(30(37)51)12-21-6-4-3-5-7-21/h3-11,14,19-20,25-27,46-48H,12-13,15-18H2,1-2H3,(H2,37,51)(H,38,49)(H,39,52)(H,40,41)(H,42,53)(H,43,54)(H,44,50)(H,45,55)(H,56,57)/t19-,20-,25-,26-,27-/m0/s1. The summed E-state index contributed by atoms with van der Waals surface area (Å²) in [5.41, 5.74) is 6.75. The number of carbonyl (C=O) groups is 8. The Morgan fingerprint density at radius 3 is 1.91 bits per heavy atom. The van der Waals surface area contributed by atoms with E-state index in [1.807, 2.05) is 0 Å². The van der Waals surface area contributed by atoms with E-state index in [9.17, 15) is 53.7 Å². The van der Waals surface area contributed by atoms with Crippen LogP contribution in [0.4, 0.5) is 9.93 Å². The molecule has 0 aliphatic carbocycles. The Morgan fingerprint density at radius 1 is 0.690 bits per heavy atom. The predicted octanol–water partition coefficient (Wildman–Crippen LogP) is -2.43. The van der Waals surface area contributed by atoms with Crippen molar-refractivity contribution in [2.45, 2.75) is 63.5 Å². The van der Waals surface area contributed by atoms with Crippen molar-refractivity contribution in [3.05, 3.63) is 76.8 Å². The molecule has 0 saturated carbocycles. The van der Waals surface area contributed by atoms with Gasteiger partial charge >= 0.3 is 6.09 Å². The summed E-state index contributed by atoms with van der Waals surface area (Å²) < 4.78 is 0. The summed E-state index contributed by atoms with van der Waals surface area (Å²) >= 11 is 1.12. The lowest BCUT2D eigenvalue weighted by atomic mass is 10.0. The van der Waals surface area contributed by atoms with E-state index in [1.54, 1.807) is 30.3 Å². The summed E-state index contributed by atoms with van der Waals surface area (Å²) in [4.78, 5) is 106. The van der Waals surface area contributed by atoms with Gasteiger partial charge in [0.05, 0.1) is 24.6 Å². The topological polar surface area (TPSA) is 332 Å². The van der Waals surface area contributed by atoms with Crippen molar-refractivity contribution >= 4 is 63.9 Å². The first kappa shape index (κ1) is 45.6. The molecule has 0 aliphatic heterocycles. The van der Waals surface area contributed by atoms with Gasteiger partial charge in [-0.2, -0.15) is 0 Å². The third-order valence-electron chi connectivity index (χ3n) is 8.12. The maximum Gasteiger partial charge on any atom is 0.405 e. The van der Waals surface area contributed by atoms with Crippen LogP contribution in [0, 0.1) is 0 Å². The highest BCUT2D eigenvalue weighted by molar-refractivity contribution is 7.15. The van der Waals surface area contributed by atoms with Crippen LogP contribution < -0.4 is 48.3 Å². The highest BCUT2D eigenvalue weighted by Crippen LogP contribution is 2.17. The summed E-state index contributed by atoms with van der Waals surface area (Å²) in [5, 5.41) is 47.6. The number of carbonyl (C=O) groups excluding carboxylic acids is 7. The molecule has 5 atom stereocenters. The monoisotopic (exact) mass is 826 g/mol. The minimum Gasteiger partial charge on any atom is -0.508 e. The minimum atomic E-state index is -1.49. The molecule has 13 N–H and O–H groups in total. The number of hydrogen-bond acceptors (Lipinski definition) is 13. The lowest BCUT2D eigenvalue weighted by molar-refractivity contribution is -0.133. The number of nitrogens with one attached hydrogen (secondary N) is 8. The Balaban J connectivity index is 1.57. The smallest absolute Gasteiger partial charge is 0.405 e. The van der Waals surface area contributed by atoms with Gasteiger partial charge in [0.25, 0.3) is 0 Å². The van der Waals surface area contributed by atoms with Crippen molar-refractivity contribution < 1.29 is 53.7 Å². The molecule has 22 heteroatoms.